The number of hydrogen-bond acceptors (Lipinski definition) is 7. The van der Waals surface area contributed by atoms with Gasteiger partial charge in [0, 0.05) is 31.2 Å². The van der Waals surface area contributed by atoms with Crippen molar-refractivity contribution in [3.05, 3.63) is 29.4 Å². The quantitative estimate of drug-likeness (QED) is 0.917. The number of methoxy groups -OCH3 is 1. The zero-order chi connectivity index (χ0) is 16.2. The van der Waals surface area contributed by atoms with Crippen molar-refractivity contribution in [2.24, 2.45) is 0 Å². The molecular weight excluding hydrogens is 316 g/mol. The van der Waals surface area contributed by atoms with E-state index < -0.39 is 0 Å². The molecule has 0 radical (unpaired) electrons. The van der Waals surface area contributed by atoms with Crippen LogP contribution in [0.4, 0.5) is 17.5 Å². The Morgan fingerprint density at radius 3 is 2.74 bits per heavy atom. The Morgan fingerprint density at radius 1 is 1.22 bits per heavy atom. The number of aromatic nitrogens is 3. The molecule has 2 heterocycles. The van der Waals surface area contributed by atoms with Crippen LogP contribution in [-0.4, -0.2) is 60.4 Å². The molecule has 0 bridgehead atoms. The molecule has 1 aliphatic heterocycles. The van der Waals surface area contributed by atoms with Gasteiger partial charge < -0.3 is 19.9 Å². The van der Waals surface area contributed by atoms with Crippen LogP contribution in [0.1, 0.15) is 0 Å². The van der Waals surface area contributed by atoms with Gasteiger partial charge in [0.15, 0.2) is 5.82 Å². The van der Waals surface area contributed by atoms with Crippen LogP contribution in [0.5, 0.6) is 5.75 Å². The molecule has 8 heteroatoms. The highest BCUT2D eigenvalue weighted by atomic mass is 35.5. The van der Waals surface area contributed by atoms with Crippen LogP contribution < -0.4 is 15.0 Å². The van der Waals surface area contributed by atoms with Gasteiger partial charge in [0.2, 0.25) is 5.95 Å². The Kier molecular flexibility index (Phi) is 4.78. The van der Waals surface area contributed by atoms with Crippen LogP contribution in [0.3, 0.4) is 0 Å². The van der Waals surface area contributed by atoms with Crippen LogP contribution in [0.2, 0.25) is 5.02 Å². The van der Waals surface area contributed by atoms with Gasteiger partial charge in [-0.25, -0.2) is 0 Å². The van der Waals surface area contributed by atoms with Crippen LogP contribution in [0.25, 0.3) is 0 Å². The fraction of sp³-hybridized carbons (Fsp3) is 0.400. The number of anilines is 3. The molecule has 1 aromatic heterocycles. The molecule has 23 heavy (non-hydrogen) atoms. The summed E-state index contributed by atoms with van der Waals surface area (Å²) in [6.07, 6.45) is 1.58. The number of ether oxygens (including phenoxy) is 1. The first kappa shape index (κ1) is 15.8. The van der Waals surface area contributed by atoms with Crippen molar-refractivity contribution in [3.8, 4) is 5.75 Å². The smallest absolute Gasteiger partial charge is 0.247 e. The molecule has 0 amide bonds. The van der Waals surface area contributed by atoms with E-state index in [4.69, 9.17) is 16.3 Å². The van der Waals surface area contributed by atoms with Crippen molar-refractivity contribution in [1.29, 1.82) is 0 Å². The molecule has 1 aliphatic rings. The number of likely N-dealkylation sites (N-methyl/N-ethyl adjacent to an activating group) is 1. The molecule has 0 aliphatic carbocycles. The number of halogens is 1. The predicted molar refractivity (Wildman–Crippen MR) is 90.8 cm³/mol. The Morgan fingerprint density at radius 2 is 2.00 bits per heavy atom. The normalized spacial score (nSPS) is 15.5. The van der Waals surface area contributed by atoms with E-state index in [0.717, 1.165) is 31.9 Å². The molecule has 122 valence electrons. The number of piperazine rings is 1. The molecule has 0 atom stereocenters. The van der Waals surface area contributed by atoms with Gasteiger partial charge in [0.1, 0.15) is 5.75 Å². The van der Waals surface area contributed by atoms with E-state index in [-0.39, 0.29) is 0 Å². The van der Waals surface area contributed by atoms with Crippen LogP contribution in [-0.2, 0) is 0 Å². The minimum Gasteiger partial charge on any atom is -0.495 e. The molecule has 1 N–H and O–H groups in total. The Balaban J connectivity index is 1.79. The largest absolute Gasteiger partial charge is 0.495 e. The van der Waals surface area contributed by atoms with E-state index in [0.29, 0.717) is 22.5 Å². The summed E-state index contributed by atoms with van der Waals surface area (Å²) in [5.74, 6) is 1.92. The molecule has 1 aromatic carbocycles. The monoisotopic (exact) mass is 334 g/mol. The fourth-order valence-electron chi connectivity index (χ4n) is 2.41. The number of benzene rings is 1. The molecular formula is C15H19ClN6O. The summed E-state index contributed by atoms with van der Waals surface area (Å²) in [4.78, 5) is 8.96. The second kappa shape index (κ2) is 6.97. The second-order valence-electron chi connectivity index (χ2n) is 5.40. The van der Waals surface area contributed by atoms with Gasteiger partial charge >= 0.3 is 0 Å². The van der Waals surface area contributed by atoms with Crippen molar-refractivity contribution in [3.63, 3.8) is 0 Å². The van der Waals surface area contributed by atoms with E-state index >= 15 is 0 Å². The highest BCUT2D eigenvalue weighted by molar-refractivity contribution is 6.31. The topological polar surface area (TPSA) is 66.4 Å². The van der Waals surface area contributed by atoms with Crippen molar-refractivity contribution in [2.75, 3.05) is 50.6 Å². The summed E-state index contributed by atoms with van der Waals surface area (Å²) >= 11 is 6.05. The zero-order valence-corrected chi connectivity index (χ0v) is 13.9. The third kappa shape index (κ3) is 3.80. The highest BCUT2D eigenvalue weighted by Crippen LogP contribution is 2.30. The summed E-state index contributed by atoms with van der Waals surface area (Å²) in [5, 5.41) is 12.0. The number of hydrogen-bond donors (Lipinski definition) is 1. The van der Waals surface area contributed by atoms with E-state index in [2.05, 4.69) is 37.3 Å². The lowest BCUT2D eigenvalue weighted by atomic mass is 10.3. The number of nitrogens with one attached hydrogen (secondary N) is 1. The van der Waals surface area contributed by atoms with Crippen LogP contribution in [0.15, 0.2) is 24.4 Å². The maximum Gasteiger partial charge on any atom is 0.247 e. The van der Waals surface area contributed by atoms with Crippen LogP contribution >= 0.6 is 11.6 Å². The van der Waals surface area contributed by atoms with E-state index in [9.17, 15) is 0 Å². The standard InChI is InChI=1S/C15H19ClN6O/c1-21-5-7-22(8-6-21)15-19-14(10-17-20-15)18-12-9-11(16)3-4-13(12)23-2/h3-4,9-10H,5-8H2,1-2H3,(H,18,19,20). The van der Waals surface area contributed by atoms with Gasteiger partial charge in [0.25, 0.3) is 0 Å². The highest BCUT2D eigenvalue weighted by Gasteiger charge is 2.17. The van der Waals surface area contributed by atoms with Gasteiger partial charge in [-0.05, 0) is 25.2 Å². The average Bonchev–Trinajstić information content (AvgIpc) is 2.56. The molecule has 1 saturated heterocycles. The SMILES string of the molecule is COc1ccc(Cl)cc1Nc1cnnc(N2CCN(C)CC2)n1. The minimum atomic E-state index is 0.606. The lowest BCUT2D eigenvalue weighted by Gasteiger charge is -2.32. The molecule has 0 spiro atoms. The third-order valence-electron chi connectivity index (χ3n) is 3.76. The van der Waals surface area contributed by atoms with E-state index in [1.54, 1.807) is 31.5 Å². The van der Waals surface area contributed by atoms with E-state index in [1.807, 2.05) is 0 Å². The predicted octanol–water partition coefficient (Wildman–Crippen LogP) is 2.03. The molecule has 3 rings (SSSR count). The van der Waals surface area contributed by atoms with Crippen LogP contribution in [0, 0.1) is 0 Å². The average molecular weight is 335 g/mol. The number of nitrogens with zero attached hydrogens (tertiary/aromatic N) is 5. The summed E-state index contributed by atoms with van der Waals surface area (Å²) in [5.41, 5.74) is 0.741. The molecule has 7 nitrogen and oxygen atoms in total. The second-order valence-corrected chi connectivity index (χ2v) is 5.84. The van der Waals surface area contributed by atoms with Crippen molar-refractivity contribution < 1.29 is 4.74 Å². The maximum atomic E-state index is 6.05. The van der Waals surface area contributed by atoms with Crippen molar-refractivity contribution in [2.45, 2.75) is 0 Å². The third-order valence-corrected chi connectivity index (χ3v) is 3.99. The first-order valence-electron chi connectivity index (χ1n) is 7.39. The maximum absolute atomic E-state index is 6.05. The first-order chi connectivity index (χ1) is 11.2. The van der Waals surface area contributed by atoms with Crippen molar-refractivity contribution >= 4 is 29.1 Å². The molecule has 0 saturated carbocycles. The van der Waals surface area contributed by atoms with Gasteiger partial charge in [-0.1, -0.05) is 11.6 Å². The lowest BCUT2D eigenvalue weighted by molar-refractivity contribution is 0.311. The summed E-state index contributed by atoms with van der Waals surface area (Å²) in [6.45, 7) is 3.76. The summed E-state index contributed by atoms with van der Waals surface area (Å²) in [7, 11) is 3.72. The summed E-state index contributed by atoms with van der Waals surface area (Å²) in [6, 6.07) is 5.37. The van der Waals surface area contributed by atoms with Gasteiger partial charge in [-0.15, -0.1) is 5.10 Å². The lowest BCUT2D eigenvalue weighted by Crippen LogP contribution is -2.45. The van der Waals surface area contributed by atoms with E-state index in [1.165, 1.54) is 0 Å². The minimum absolute atomic E-state index is 0.606. The fourth-order valence-corrected chi connectivity index (χ4v) is 2.58. The van der Waals surface area contributed by atoms with Gasteiger partial charge in [-0.3, -0.25) is 0 Å². The van der Waals surface area contributed by atoms with Gasteiger partial charge in [0.05, 0.1) is 19.0 Å². The zero-order valence-electron chi connectivity index (χ0n) is 13.2. The first-order valence-corrected chi connectivity index (χ1v) is 7.77. The number of rotatable bonds is 4. The molecule has 2 aromatic rings. The molecule has 1 fully saturated rings. The Bertz CT molecular complexity index is 675. The summed E-state index contributed by atoms with van der Waals surface area (Å²) < 4.78 is 5.33. The Hall–Kier alpha value is -2.12. The Labute approximate surface area is 140 Å². The molecule has 0 unspecified atom stereocenters. The van der Waals surface area contributed by atoms with Crippen molar-refractivity contribution in [1.82, 2.24) is 20.1 Å². The van der Waals surface area contributed by atoms with Gasteiger partial charge in [-0.2, -0.15) is 10.1 Å².